The molecule has 0 spiro atoms. The molecule has 27 heavy (non-hydrogen) atoms. The fourth-order valence-electron chi connectivity index (χ4n) is 3.62. The number of Topliss-reactive ketones (excluding diaryl/α,β-unsaturated/α-hetero) is 1. The van der Waals surface area contributed by atoms with Crippen molar-refractivity contribution in [2.24, 2.45) is 0 Å². The minimum atomic E-state index is 0.00633. The maximum absolute atomic E-state index is 12.0. The minimum Gasteiger partial charge on any atom is -0.474 e. The van der Waals surface area contributed by atoms with Crippen LogP contribution in [0, 0.1) is 0 Å². The first kappa shape index (κ1) is 16.4. The highest BCUT2D eigenvalue weighted by Crippen LogP contribution is 2.31. The molecule has 2 aliphatic rings. The van der Waals surface area contributed by atoms with E-state index in [-0.39, 0.29) is 11.9 Å². The zero-order valence-corrected chi connectivity index (χ0v) is 14.9. The van der Waals surface area contributed by atoms with E-state index in [9.17, 15) is 4.79 Å². The maximum Gasteiger partial charge on any atom is 0.223 e. The highest BCUT2D eigenvalue weighted by Gasteiger charge is 2.22. The van der Waals surface area contributed by atoms with E-state index in [4.69, 9.17) is 14.5 Å². The minimum absolute atomic E-state index is 0.00633. The topological polar surface area (TPSA) is 78.3 Å². The predicted molar refractivity (Wildman–Crippen MR) is 100 cm³/mol. The molecule has 0 aliphatic carbocycles. The van der Waals surface area contributed by atoms with Gasteiger partial charge in [0.15, 0.2) is 5.78 Å². The summed E-state index contributed by atoms with van der Waals surface area (Å²) in [5, 5.41) is 4.17. The highest BCUT2D eigenvalue weighted by atomic mass is 16.5. The van der Waals surface area contributed by atoms with Crippen LogP contribution in [0.25, 0.3) is 22.2 Å². The van der Waals surface area contributed by atoms with Crippen LogP contribution in [-0.4, -0.2) is 52.7 Å². The summed E-state index contributed by atoms with van der Waals surface area (Å²) in [6.07, 6.45) is 4.32. The standard InChI is InChI=1S/C20H20N4O3/c25-19-3-6-24-11-13(8-18(19)24)16-9-17-15(2-1-4-22-17)20(23-16)27-12-14-10-21-5-7-26-14/h1-2,4,8-9,11,14,21H,3,5-7,10,12H2/t14-/m0/s1. The van der Waals surface area contributed by atoms with Crippen molar-refractivity contribution < 1.29 is 14.3 Å². The first-order valence-electron chi connectivity index (χ1n) is 9.22. The van der Waals surface area contributed by atoms with Gasteiger partial charge in [-0.05, 0) is 24.3 Å². The lowest BCUT2D eigenvalue weighted by Crippen LogP contribution is -2.41. The number of aryl methyl sites for hydroxylation is 1. The molecule has 3 aromatic heterocycles. The van der Waals surface area contributed by atoms with E-state index < -0.39 is 0 Å². The molecular formula is C20H20N4O3. The molecule has 5 heterocycles. The van der Waals surface area contributed by atoms with E-state index in [1.807, 2.05) is 35.0 Å². The molecule has 1 N–H and O–H groups in total. The Kier molecular flexibility index (Phi) is 4.10. The number of ether oxygens (including phenoxy) is 2. The number of nitrogens with zero attached hydrogens (tertiary/aromatic N) is 3. The quantitative estimate of drug-likeness (QED) is 0.763. The van der Waals surface area contributed by atoms with E-state index in [1.54, 1.807) is 6.20 Å². The second kappa shape index (κ2) is 6.75. The SMILES string of the molecule is O=C1CCn2cc(-c3cc4ncccc4c(OC[C@@H]4CNCCO4)n3)cc21. The van der Waals surface area contributed by atoms with Crippen LogP contribution in [0.3, 0.4) is 0 Å². The smallest absolute Gasteiger partial charge is 0.223 e. The van der Waals surface area contributed by atoms with Crippen molar-refractivity contribution in [3.8, 4) is 17.1 Å². The van der Waals surface area contributed by atoms with Gasteiger partial charge in [-0.25, -0.2) is 4.98 Å². The highest BCUT2D eigenvalue weighted by molar-refractivity contribution is 5.98. The number of pyridine rings is 2. The first-order chi connectivity index (χ1) is 13.3. The first-order valence-corrected chi connectivity index (χ1v) is 9.22. The van der Waals surface area contributed by atoms with Crippen molar-refractivity contribution in [3.63, 3.8) is 0 Å². The number of carbonyl (C=O) groups excluding carboxylic acids is 1. The van der Waals surface area contributed by atoms with Crippen molar-refractivity contribution in [2.75, 3.05) is 26.3 Å². The van der Waals surface area contributed by atoms with Gasteiger partial charge in [0.1, 0.15) is 12.7 Å². The third-order valence-electron chi connectivity index (χ3n) is 5.03. The zero-order valence-electron chi connectivity index (χ0n) is 14.9. The van der Waals surface area contributed by atoms with Gasteiger partial charge in [0.05, 0.1) is 28.9 Å². The maximum atomic E-state index is 12.0. The summed E-state index contributed by atoms with van der Waals surface area (Å²) in [4.78, 5) is 21.2. The lowest BCUT2D eigenvalue weighted by Gasteiger charge is -2.23. The Balaban J connectivity index is 1.50. The Morgan fingerprint density at radius 3 is 3.19 bits per heavy atom. The van der Waals surface area contributed by atoms with Gasteiger partial charge in [0.25, 0.3) is 0 Å². The molecule has 0 saturated carbocycles. The number of hydrogen-bond acceptors (Lipinski definition) is 6. The average molecular weight is 364 g/mol. The molecule has 0 bridgehead atoms. The summed E-state index contributed by atoms with van der Waals surface area (Å²) in [5.74, 6) is 0.723. The Labute approximate surface area is 156 Å². The molecule has 0 amide bonds. The van der Waals surface area contributed by atoms with Crippen LogP contribution in [0.15, 0.2) is 36.7 Å². The van der Waals surface area contributed by atoms with Crippen LogP contribution in [0.1, 0.15) is 16.9 Å². The molecular weight excluding hydrogens is 344 g/mol. The third-order valence-corrected chi connectivity index (χ3v) is 5.03. The molecule has 7 heteroatoms. The largest absolute Gasteiger partial charge is 0.474 e. The second-order valence-corrected chi connectivity index (χ2v) is 6.87. The van der Waals surface area contributed by atoms with Crippen LogP contribution in [0.4, 0.5) is 0 Å². The van der Waals surface area contributed by atoms with Crippen LogP contribution >= 0.6 is 0 Å². The number of ketones is 1. The summed E-state index contributed by atoms with van der Waals surface area (Å²) in [6.45, 7) is 3.49. The van der Waals surface area contributed by atoms with Crippen molar-refractivity contribution in [3.05, 3.63) is 42.4 Å². The van der Waals surface area contributed by atoms with E-state index in [2.05, 4.69) is 10.3 Å². The number of aromatic nitrogens is 3. The van der Waals surface area contributed by atoms with Gasteiger partial charge in [0.2, 0.25) is 5.88 Å². The van der Waals surface area contributed by atoms with Crippen LogP contribution < -0.4 is 10.1 Å². The van der Waals surface area contributed by atoms with E-state index in [1.165, 1.54) is 0 Å². The number of rotatable bonds is 4. The molecule has 1 saturated heterocycles. The van der Waals surface area contributed by atoms with Crippen LogP contribution in [0.2, 0.25) is 0 Å². The Bertz CT molecular complexity index is 1010. The molecule has 0 radical (unpaired) electrons. The molecule has 138 valence electrons. The van der Waals surface area contributed by atoms with Crippen LogP contribution in [0.5, 0.6) is 5.88 Å². The van der Waals surface area contributed by atoms with Gasteiger partial charge in [-0.2, -0.15) is 0 Å². The van der Waals surface area contributed by atoms with Gasteiger partial charge in [-0.15, -0.1) is 0 Å². The van der Waals surface area contributed by atoms with Crippen LogP contribution in [-0.2, 0) is 11.3 Å². The molecule has 7 nitrogen and oxygen atoms in total. The van der Waals surface area contributed by atoms with Gasteiger partial charge < -0.3 is 19.4 Å². The van der Waals surface area contributed by atoms with Gasteiger partial charge in [0, 0.05) is 44.0 Å². The predicted octanol–water partition coefficient (Wildman–Crippen LogP) is 2.05. The van der Waals surface area contributed by atoms with Crippen molar-refractivity contribution in [2.45, 2.75) is 19.1 Å². The number of hydrogen-bond donors (Lipinski definition) is 1. The fraction of sp³-hybridized carbons (Fsp3) is 0.350. The summed E-state index contributed by atoms with van der Waals surface area (Å²) in [7, 11) is 0. The number of carbonyl (C=O) groups is 1. The molecule has 3 aromatic rings. The molecule has 0 unspecified atom stereocenters. The molecule has 2 aliphatic heterocycles. The third kappa shape index (κ3) is 3.09. The summed E-state index contributed by atoms with van der Waals surface area (Å²) >= 11 is 0. The van der Waals surface area contributed by atoms with E-state index >= 15 is 0 Å². The van der Waals surface area contributed by atoms with Gasteiger partial charge in [-0.3, -0.25) is 9.78 Å². The lowest BCUT2D eigenvalue weighted by molar-refractivity contribution is -0.000366. The van der Waals surface area contributed by atoms with Crippen molar-refractivity contribution >= 4 is 16.7 Å². The monoisotopic (exact) mass is 364 g/mol. The normalized spacial score (nSPS) is 19.4. The summed E-state index contributed by atoms with van der Waals surface area (Å²) in [6, 6.07) is 7.68. The Morgan fingerprint density at radius 2 is 2.33 bits per heavy atom. The van der Waals surface area contributed by atoms with E-state index in [0.717, 1.165) is 47.5 Å². The zero-order chi connectivity index (χ0) is 18.2. The number of nitrogens with one attached hydrogen (secondary N) is 1. The van der Waals surface area contributed by atoms with E-state index in [0.29, 0.717) is 25.5 Å². The van der Waals surface area contributed by atoms with Gasteiger partial charge in [-0.1, -0.05) is 0 Å². The Morgan fingerprint density at radius 1 is 1.37 bits per heavy atom. The summed E-state index contributed by atoms with van der Waals surface area (Å²) in [5.41, 5.74) is 3.23. The molecule has 1 fully saturated rings. The Hall–Kier alpha value is -2.77. The number of fused-ring (bicyclic) bond motifs is 2. The van der Waals surface area contributed by atoms with Crippen molar-refractivity contribution in [1.29, 1.82) is 0 Å². The molecule has 5 rings (SSSR count). The number of morpholine rings is 1. The fourth-order valence-corrected chi connectivity index (χ4v) is 3.62. The second-order valence-electron chi connectivity index (χ2n) is 6.87. The molecule has 0 aromatic carbocycles. The van der Waals surface area contributed by atoms with Crippen molar-refractivity contribution in [1.82, 2.24) is 19.9 Å². The summed E-state index contributed by atoms with van der Waals surface area (Å²) < 4.78 is 13.7. The molecule has 1 atom stereocenters. The lowest BCUT2D eigenvalue weighted by atomic mass is 10.1. The average Bonchev–Trinajstić information content (AvgIpc) is 3.29. The van der Waals surface area contributed by atoms with Gasteiger partial charge >= 0.3 is 0 Å².